The average molecular weight is 151 g/mol. The quantitative estimate of drug-likeness (QED) is 0.602. The van der Waals surface area contributed by atoms with Crippen LogP contribution in [0.15, 0.2) is 0 Å². The summed E-state index contributed by atoms with van der Waals surface area (Å²) in [5.74, 6) is 2.32. The van der Waals surface area contributed by atoms with Gasteiger partial charge in [-0.1, -0.05) is 0 Å². The molecule has 1 aliphatic heterocycles. The second-order valence-electron chi connectivity index (χ2n) is 4.93. The highest BCUT2D eigenvalue weighted by molar-refractivity contribution is 5.02. The molecule has 11 heavy (non-hydrogen) atoms. The molecule has 0 aromatic carbocycles. The van der Waals surface area contributed by atoms with Crippen molar-refractivity contribution >= 4 is 0 Å². The van der Waals surface area contributed by atoms with Crippen LogP contribution in [0.25, 0.3) is 0 Å². The van der Waals surface area contributed by atoms with Crippen LogP contribution < -0.4 is 5.32 Å². The van der Waals surface area contributed by atoms with Crippen molar-refractivity contribution in [3.05, 3.63) is 0 Å². The molecule has 1 heteroatoms. The summed E-state index contributed by atoms with van der Waals surface area (Å²) in [7, 11) is 0. The molecule has 1 N–H and O–H groups in total. The molecule has 1 nitrogen and oxygen atoms in total. The summed E-state index contributed by atoms with van der Waals surface area (Å²) in [5.41, 5.74) is 0.799. The van der Waals surface area contributed by atoms with Crippen LogP contribution in [0.1, 0.15) is 32.1 Å². The van der Waals surface area contributed by atoms with E-state index in [0.717, 1.165) is 11.3 Å². The summed E-state index contributed by atoms with van der Waals surface area (Å²) in [5, 5.41) is 3.49. The Bertz CT molecular complexity index is 158. The smallest absolute Gasteiger partial charge is 0.000849 e. The van der Waals surface area contributed by atoms with E-state index in [0.29, 0.717) is 0 Å². The van der Waals surface area contributed by atoms with E-state index in [1.54, 1.807) is 25.7 Å². The first kappa shape index (κ1) is 6.47. The fourth-order valence-electron chi connectivity index (χ4n) is 3.10. The van der Waals surface area contributed by atoms with Crippen molar-refractivity contribution < 1.29 is 0 Å². The first-order valence-electron chi connectivity index (χ1n) is 5.09. The Morgan fingerprint density at radius 3 is 2.45 bits per heavy atom. The van der Waals surface area contributed by atoms with Gasteiger partial charge in [-0.15, -0.1) is 0 Å². The standard InChI is InChI=1S/C10H17N/c1-2-8(1)9-5-10(6-9)3-4-11-7-10/h8-9,11H,1-7H2. The third kappa shape index (κ3) is 0.936. The van der Waals surface area contributed by atoms with Gasteiger partial charge in [0.15, 0.2) is 0 Å². The maximum Gasteiger partial charge on any atom is 0.000849 e. The summed E-state index contributed by atoms with van der Waals surface area (Å²) in [6.07, 6.45) is 7.69. The molecule has 1 spiro atoms. The van der Waals surface area contributed by atoms with E-state index in [1.807, 2.05) is 0 Å². The highest BCUT2D eigenvalue weighted by Crippen LogP contribution is 2.57. The lowest BCUT2D eigenvalue weighted by Crippen LogP contribution is -2.39. The average Bonchev–Trinajstić information content (AvgIpc) is 2.64. The summed E-state index contributed by atoms with van der Waals surface area (Å²) in [6, 6.07) is 0. The molecule has 0 unspecified atom stereocenters. The zero-order valence-electron chi connectivity index (χ0n) is 7.10. The molecule has 3 rings (SSSR count). The molecule has 0 bridgehead atoms. The van der Waals surface area contributed by atoms with Crippen LogP contribution in [-0.2, 0) is 0 Å². The summed E-state index contributed by atoms with van der Waals surface area (Å²) in [6.45, 7) is 2.62. The van der Waals surface area contributed by atoms with Gasteiger partial charge in [-0.05, 0) is 55.9 Å². The molecule has 0 radical (unpaired) electrons. The highest BCUT2D eigenvalue weighted by atomic mass is 14.9. The molecule has 1 saturated heterocycles. The third-order valence-corrected chi connectivity index (χ3v) is 4.01. The topological polar surface area (TPSA) is 12.0 Å². The van der Waals surface area contributed by atoms with E-state index in [9.17, 15) is 0 Å². The van der Waals surface area contributed by atoms with Crippen LogP contribution in [0.4, 0.5) is 0 Å². The molecule has 1 heterocycles. The molecule has 0 atom stereocenters. The molecule has 0 amide bonds. The van der Waals surface area contributed by atoms with Crippen LogP contribution in [-0.4, -0.2) is 13.1 Å². The Kier molecular flexibility index (Phi) is 1.18. The fourth-order valence-corrected chi connectivity index (χ4v) is 3.10. The summed E-state index contributed by atoms with van der Waals surface area (Å²) >= 11 is 0. The van der Waals surface area contributed by atoms with Crippen LogP contribution >= 0.6 is 0 Å². The van der Waals surface area contributed by atoms with Crippen molar-refractivity contribution in [2.45, 2.75) is 32.1 Å². The molecular formula is C10H17N. The van der Waals surface area contributed by atoms with E-state index in [-0.39, 0.29) is 0 Å². The molecule has 3 aliphatic rings. The Labute approximate surface area is 68.6 Å². The number of hydrogen-bond donors (Lipinski definition) is 1. The first-order valence-corrected chi connectivity index (χ1v) is 5.09. The second-order valence-corrected chi connectivity index (χ2v) is 4.93. The molecule has 2 saturated carbocycles. The third-order valence-electron chi connectivity index (χ3n) is 4.01. The monoisotopic (exact) mass is 151 g/mol. The highest BCUT2D eigenvalue weighted by Gasteiger charge is 2.50. The fraction of sp³-hybridized carbons (Fsp3) is 1.00. The molecule has 2 aliphatic carbocycles. The predicted octanol–water partition coefficient (Wildman–Crippen LogP) is 1.79. The van der Waals surface area contributed by atoms with Gasteiger partial charge in [0.2, 0.25) is 0 Å². The Morgan fingerprint density at radius 1 is 1.09 bits per heavy atom. The zero-order valence-corrected chi connectivity index (χ0v) is 7.10. The predicted molar refractivity (Wildman–Crippen MR) is 45.4 cm³/mol. The van der Waals surface area contributed by atoms with Gasteiger partial charge < -0.3 is 5.32 Å². The first-order chi connectivity index (χ1) is 5.38. The maximum atomic E-state index is 3.49. The minimum Gasteiger partial charge on any atom is -0.316 e. The largest absolute Gasteiger partial charge is 0.316 e. The van der Waals surface area contributed by atoms with Gasteiger partial charge in [-0.3, -0.25) is 0 Å². The minimum absolute atomic E-state index is 0.799. The minimum atomic E-state index is 0.799. The van der Waals surface area contributed by atoms with Crippen molar-refractivity contribution in [2.24, 2.45) is 17.3 Å². The Hall–Kier alpha value is -0.0400. The Balaban J connectivity index is 1.60. The van der Waals surface area contributed by atoms with Gasteiger partial charge in [0.05, 0.1) is 0 Å². The van der Waals surface area contributed by atoms with E-state index in [4.69, 9.17) is 0 Å². The number of rotatable bonds is 1. The van der Waals surface area contributed by atoms with Crippen molar-refractivity contribution in [3.63, 3.8) is 0 Å². The van der Waals surface area contributed by atoms with Crippen LogP contribution in [0, 0.1) is 17.3 Å². The van der Waals surface area contributed by atoms with E-state index < -0.39 is 0 Å². The van der Waals surface area contributed by atoms with Gasteiger partial charge in [0, 0.05) is 6.54 Å². The van der Waals surface area contributed by atoms with Crippen molar-refractivity contribution in [1.29, 1.82) is 0 Å². The van der Waals surface area contributed by atoms with Gasteiger partial charge in [-0.2, -0.15) is 0 Å². The zero-order chi connectivity index (χ0) is 7.31. The molecule has 0 aromatic heterocycles. The lowest BCUT2D eigenvalue weighted by molar-refractivity contribution is 0.0613. The Morgan fingerprint density at radius 2 is 1.91 bits per heavy atom. The molecule has 62 valence electrons. The van der Waals surface area contributed by atoms with E-state index in [2.05, 4.69) is 5.32 Å². The molecule has 0 aromatic rings. The lowest BCUT2D eigenvalue weighted by atomic mass is 9.60. The number of nitrogens with one attached hydrogen (secondary N) is 1. The van der Waals surface area contributed by atoms with Gasteiger partial charge in [0.1, 0.15) is 0 Å². The van der Waals surface area contributed by atoms with Crippen molar-refractivity contribution in [3.8, 4) is 0 Å². The van der Waals surface area contributed by atoms with Gasteiger partial charge >= 0.3 is 0 Å². The normalized spacial score (nSPS) is 49.6. The van der Waals surface area contributed by atoms with E-state index >= 15 is 0 Å². The van der Waals surface area contributed by atoms with Crippen molar-refractivity contribution in [2.75, 3.05) is 13.1 Å². The summed E-state index contributed by atoms with van der Waals surface area (Å²) < 4.78 is 0. The molecular weight excluding hydrogens is 134 g/mol. The van der Waals surface area contributed by atoms with Crippen molar-refractivity contribution in [1.82, 2.24) is 5.32 Å². The summed E-state index contributed by atoms with van der Waals surface area (Å²) in [4.78, 5) is 0. The van der Waals surface area contributed by atoms with Crippen LogP contribution in [0.3, 0.4) is 0 Å². The second kappa shape index (κ2) is 2.01. The van der Waals surface area contributed by atoms with Gasteiger partial charge in [0.25, 0.3) is 0 Å². The maximum absolute atomic E-state index is 3.49. The van der Waals surface area contributed by atoms with Crippen LogP contribution in [0.2, 0.25) is 0 Å². The van der Waals surface area contributed by atoms with Gasteiger partial charge in [-0.25, -0.2) is 0 Å². The number of hydrogen-bond acceptors (Lipinski definition) is 1. The lowest BCUT2D eigenvalue weighted by Gasteiger charge is -2.45. The van der Waals surface area contributed by atoms with Crippen LogP contribution in [0.5, 0.6) is 0 Å². The SMILES string of the molecule is C1CC2(CN1)CC(C1CC1)C2. The van der Waals surface area contributed by atoms with E-state index in [1.165, 1.54) is 25.4 Å². The molecule has 3 fully saturated rings.